The Morgan fingerprint density at radius 1 is 1.29 bits per heavy atom. The average molecular weight is 288 g/mol. The van der Waals surface area contributed by atoms with Crippen molar-refractivity contribution >= 4 is 5.78 Å². The first-order valence-electron chi connectivity index (χ1n) is 8.03. The largest absolute Gasteiger partial charge is 0.497 e. The van der Waals surface area contributed by atoms with E-state index in [-0.39, 0.29) is 10.8 Å². The molecule has 0 spiro atoms. The lowest BCUT2D eigenvalue weighted by Gasteiger charge is -2.34. The molecule has 1 aromatic rings. The number of fused-ring (bicyclic) bond motifs is 1. The second-order valence-electron chi connectivity index (χ2n) is 7.65. The van der Waals surface area contributed by atoms with E-state index in [1.165, 1.54) is 5.56 Å². The van der Waals surface area contributed by atoms with Gasteiger partial charge in [-0.05, 0) is 48.4 Å². The Balaban J connectivity index is 2.37. The third-order valence-electron chi connectivity index (χ3n) is 4.45. The van der Waals surface area contributed by atoms with E-state index >= 15 is 0 Å². The van der Waals surface area contributed by atoms with E-state index in [0.29, 0.717) is 5.78 Å². The maximum Gasteiger partial charge on any atom is 0.169 e. The summed E-state index contributed by atoms with van der Waals surface area (Å²) in [6.07, 6.45) is 5.08. The zero-order valence-electron chi connectivity index (χ0n) is 14.1. The summed E-state index contributed by atoms with van der Waals surface area (Å²) >= 11 is 0. The van der Waals surface area contributed by atoms with Gasteiger partial charge in [-0.1, -0.05) is 40.5 Å². The van der Waals surface area contributed by atoms with Crippen LogP contribution in [0, 0.1) is 10.8 Å². The van der Waals surface area contributed by atoms with Crippen LogP contribution in [-0.2, 0) is 6.42 Å². The van der Waals surface area contributed by atoms with Crippen LogP contribution in [0.3, 0.4) is 0 Å². The Morgan fingerprint density at radius 2 is 2.00 bits per heavy atom. The summed E-state index contributed by atoms with van der Waals surface area (Å²) in [4.78, 5) is 13.1. The van der Waals surface area contributed by atoms with Gasteiger partial charge < -0.3 is 4.74 Å². The molecule has 1 aliphatic carbocycles. The van der Waals surface area contributed by atoms with Crippen molar-refractivity contribution in [2.24, 2.45) is 10.8 Å². The topological polar surface area (TPSA) is 26.3 Å². The normalized spacial score (nSPS) is 21.5. The Bertz CT molecular complexity index is 525. The standard InChI is InChI=1S/C19H28O2/c1-6-7-10-19(13-18(2,3)4)12-14-11-15(21-5)8-9-16(14)17(19)20/h8-9,11H,6-7,10,12-13H2,1-5H3. The molecule has 0 radical (unpaired) electrons. The van der Waals surface area contributed by atoms with Gasteiger partial charge in [-0.15, -0.1) is 0 Å². The van der Waals surface area contributed by atoms with Crippen LogP contribution in [0.1, 0.15) is 69.3 Å². The molecule has 2 rings (SSSR count). The van der Waals surface area contributed by atoms with Crippen LogP contribution in [0.5, 0.6) is 5.75 Å². The maximum atomic E-state index is 13.1. The number of hydrogen-bond donors (Lipinski definition) is 0. The van der Waals surface area contributed by atoms with Gasteiger partial charge in [0, 0.05) is 11.0 Å². The second-order valence-corrected chi connectivity index (χ2v) is 7.65. The van der Waals surface area contributed by atoms with Gasteiger partial charge in [-0.3, -0.25) is 4.79 Å². The number of unbranched alkanes of at least 4 members (excludes halogenated alkanes) is 1. The van der Waals surface area contributed by atoms with E-state index in [0.717, 1.165) is 43.4 Å². The smallest absolute Gasteiger partial charge is 0.169 e. The van der Waals surface area contributed by atoms with Crippen molar-refractivity contribution in [2.75, 3.05) is 7.11 Å². The molecule has 1 aromatic carbocycles. The summed E-state index contributed by atoms with van der Waals surface area (Å²) in [5.41, 5.74) is 2.04. The first-order valence-corrected chi connectivity index (χ1v) is 8.03. The second kappa shape index (κ2) is 5.82. The van der Waals surface area contributed by atoms with Crippen LogP contribution < -0.4 is 4.74 Å². The predicted octanol–water partition coefficient (Wildman–Crippen LogP) is 5.05. The molecule has 2 heteroatoms. The van der Waals surface area contributed by atoms with Crippen LogP contribution >= 0.6 is 0 Å². The van der Waals surface area contributed by atoms with Crippen molar-refractivity contribution in [3.05, 3.63) is 29.3 Å². The highest BCUT2D eigenvalue weighted by molar-refractivity contribution is 6.05. The molecule has 21 heavy (non-hydrogen) atoms. The summed E-state index contributed by atoms with van der Waals surface area (Å²) in [5.74, 6) is 1.20. The van der Waals surface area contributed by atoms with Crippen LogP contribution in [0.15, 0.2) is 18.2 Å². The Labute approximate surface area is 128 Å². The Kier molecular flexibility index (Phi) is 4.46. The summed E-state index contributed by atoms with van der Waals surface area (Å²) in [5, 5.41) is 0. The molecule has 1 aliphatic rings. The predicted molar refractivity (Wildman–Crippen MR) is 87.1 cm³/mol. The van der Waals surface area contributed by atoms with E-state index in [1.54, 1.807) is 7.11 Å². The van der Waals surface area contributed by atoms with Crippen molar-refractivity contribution in [3.8, 4) is 5.75 Å². The van der Waals surface area contributed by atoms with Crippen molar-refractivity contribution in [1.29, 1.82) is 0 Å². The fraction of sp³-hybridized carbons (Fsp3) is 0.632. The lowest BCUT2D eigenvalue weighted by atomic mass is 9.68. The Morgan fingerprint density at radius 3 is 2.57 bits per heavy atom. The van der Waals surface area contributed by atoms with Gasteiger partial charge in [0.15, 0.2) is 5.78 Å². The zero-order valence-corrected chi connectivity index (χ0v) is 14.1. The number of carbonyl (C=O) groups is 1. The molecule has 116 valence electrons. The van der Waals surface area contributed by atoms with Gasteiger partial charge in [0.25, 0.3) is 0 Å². The van der Waals surface area contributed by atoms with Crippen molar-refractivity contribution in [3.63, 3.8) is 0 Å². The molecule has 1 atom stereocenters. The minimum absolute atomic E-state index is 0.162. The summed E-state index contributed by atoms with van der Waals surface area (Å²) in [6.45, 7) is 8.90. The lowest BCUT2D eigenvalue weighted by molar-refractivity contribution is 0.0707. The van der Waals surface area contributed by atoms with Crippen LogP contribution in [0.4, 0.5) is 0 Å². The summed E-state index contributed by atoms with van der Waals surface area (Å²) in [6, 6.07) is 5.90. The summed E-state index contributed by atoms with van der Waals surface area (Å²) < 4.78 is 5.31. The SMILES string of the molecule is CCCCC1(CC(C)(C)C)Cc2cc(OC)ccc2C1=O. The van der Waals surface area contributed by atoms with Crippen molar-refractivity contribution in [2.45, 2.75) is 59.8 Å². The number of carbonyl (C=O) groups excluding carboxylic acids is 1. The van der Waals surface area contributed by atoms with Crippen LogP contribution in [0.25, 0.3) is 0 Å². The first-order chi connectivity index (χ1) is 9.81. The number of methoxy groups -OCH3 is 1. The maximum absolute atomic E-state index is 13.1. The Hall–Kier alpha value is -1.31. The molecule has 0 aliphatic heterocycles. The number of ether oxygens (including phenoxy) is 1. The zero-order chi connectivity index (χ0) is 15.7. The molecule has 2 nitrogen and oxygen atoms in total. The molecule has 1 unspecified atom stereocenters. The molecular weight excluding hydrogens is 260 g/mol. The fourth-order valence-corrected chi connectivity index (χ4v) is 3.76. The molecule has 0 bridgehead atoms. The van der Waals surface area contributed by atoms with E-state index < -0.39 is 0 Å². The number of ketones is 1. The van der Waals surface area contributed by atoms with Gasteiger partial charge in [-0.2, -0.15) is 0 Å². The van der Waals surface area contributed by atoms with E-state index in [2.05, 4.69) is 27.7 Å². The number of rotatable bonds is 5. The molecule has 0 N–H and O–H groups in total. The fourth-order valence-electron chi connectivity index (χ4n) is 3.76. The minimum atomic E-state index is -0.205. The van der Waals surface area contributed by atoms with Crippen molar-refractivity contribution < 1.29 is 9.53 Å². The highest BCUT2D eigenvalue weighted by Crippen LogP contribution is 2.48. The molecule has 0 amide bonds. The van der Waals surface area contributed by atoms with Crippen molar-refractivity contribution in [1.82, 2.24) is 0 Å². The first kappa shape index (κ1) is 16.1. The number of benzene rings is 1. The number of Topliss-reactive ketones (excluding diaryl/α,β-unsaturated/α-hetero) is 1. The number of hydrogen-bond acceptors (Lipinski definition) is 2. The van der Waals surface area contributed by atoms with Gasteiger partial charge >= 0.3 is 0 Å². The van der Waals surface area contributed by atoms with Crippen LogP contribution in [-0.4, -0.2) is 12.9 Å². The van der Waals surface area contributed by atoms with Gasteiger partial charge in [-0.25, -0.2) is 0 Å². The molecule has 0 saturated carbocycles. The van der Waals surface area contributed by atoms with Crippen LogP contribution in [0.2, 0.25) is 0 Å². The average Bonchev–Trinajstić information content (AvgIpc) is 2.67. The highest BCUT2D eigenvalue weighted by Gasteiger charge is 2.46. The molecule has 0 aromatic heterocycles. The lowest BCUT2D eigenvalue weighted by Crippen LogP contribution is -2.33. The monoisotopic (exact) mass is 288 g/mol. The quantitative estimate of drug-likeness (QED) is 0.758. The van der Waals surface area contributed by atoms with E-state index in [9.17, 15) is 4.79 Å². The molecule has 0 saturated heterocycles. The third-order valence-corrected chi connectivity index (χ3v) is 4.45. The van der Waals surface area contributed by atoms with Gasteiger partial charge in [0.2, 0.25) is 0 Å². The van der Waals surface area contributed by atoms with E-state index in [1.807, 2.05) is 18.2 Å². The van der Waals surface area contributed by atoms with Gasteiger partial charge in [0.1, 0.15) is 5.75 Å². The minimum Gasteiger partial charge on any atom is -0.497 e. The third kappa shape index (κ3) is 3.30. The molecular formula is C19H28O2. The summed E-state index contributed by atoms with van der Waals surface area (Å²) in [7, 11) is 1.68. The van der Waals surface area contributed by atoms with Gasteiger partial charge in [0.05, 0.1) is 7.11 Å². The van der Waals surface area contributed by atoms with E-state index in [4.69, 9.17) is 4.74 Å². The molecule has 0 fully saturated rings. The highest BCUT2D eigenvalue weighted by atomic mass is 16.5. The molecule has 0 heterocycles.